The fourth-order valence-electron chi connectivity index (χ4n) is 2.15. The highest BCUT2D eigenvalue weighted by atomic mass is 79.9. The molecule has 0 spiro atoms. The normalized spacial score (nSPS) is 12.6. The Morgan fingerprint density at radius 3 is 2.82 bits per heavy atom. The Morgan fingerprint density at radius 1 is 1.18 bits per heavy atom. The summed E-state index contributed by atoms with van der Waals surface area (Å²) in [5, 5.41) is 0. The third-order valence-corrected chi connectivity index (χ3v) is 3.76. The van der Waals surface area contributed by atoms with Crippen LogP contribution < -0.4 is 14.2 Å². The lowest BCUT2D eigenvalue weighted by Gasteiger charge is -2.05. The fraction of sp³-hybridized carbons (Fsp3) is 0.118. The number of hydrogen-bond donors (Lipinski definition) is 0. The molecular weight excluding hydrogens is 348 g/mol. The van der Waals surface area contributed by atoms with Crippen LogP contribution in [-0.2, 0) is 0 Å². The molecule has 0 fully saturated rings. The van der Waals surface area contributed by atoms with Crippen LogP contribution in [0.4, 0.5) is 0 Å². The molecule has 0 bridgehead atoms. The molecular formula is C17H13BrO4. The summed E-state index contributed by atoms with van der Waals surface area (Å²) in [5.74, 6) is 1.85. The molecule has 5 heteroatoms. The molecule has 0 aliphatic carbocycles. The van der Waals surface area contributed by atoms with E-state index in [0.717, 1.165) is 10.0 Å². The van der Waals surface area contributed by atoms with E-state index in [2.05, 4.69) is 15.9 Å². The van der Waals surface area contributed by atoms with Crippen LogP contribution >= 0.6 is 15.9 Å². The van der Waals surface area contributed by atoms with Crippen LogP contribution in [-0.4, -0.2) is 19.7 Å². The van der Waals surface area contributed by atoms with Gasteiger partial charge in [-0.05, 0) is 48.6 Å². The molecule has 3 rings (SSSR count). The van der Waals surface area contributed by atoms with Crippen LogP contribution in [0.3, 0.4) is 0 Å². The van der Waals surface area contributed by atoms with Crippen molar-refractivity contribution in [3.8, 4) is 17.2 Å². The number of fused-ring (bicyclic) bond motifs is 1. The van der Waals surface area contributed by atoms with Crippen molar-refractivity contribution in [3.63, 3.8) is 0 Å². The number of allylic oxidation sites excluding steroid dienone is 1. The van der Waals surface area contributed by atoms with Gasteiger partial charge >= 0.3 is 0 Å². The number of hydrogen-bond acceptors (Lipinski definition) is 4. The van der Waals surface area contributed by atoms with Crippen molar-refractivity contribution in [2.75, 3.05) is 13.9 Å². The minimum Gasteiger partial charge on any atom is -0.496 e. The molecule has 0 unspecified atom stereocenters. The predicted octanol–water partition coefficient (Wildman–Crippen LogP) is 4.08. The Balaban J connectivity index is 1.83. The maximum atomic E-state index is 12.3. The highest BCUT2D eigenvalue weighted by Crippen LogP contribution is 2.32. The topological polar surface area (TPSA) is 44.8 Å². The van der Waals surface area contributed by atoms with Crippen LogP contribution in [0.2, 0.25) is 0 Å². The number of methoxy groups -OCH3 is 1. The molecule has 1 aliphatic rings. The number of ether oxygens (including phenoxy) is 3. The van der Waals surface area contributed by atoms with Gasteiger partial charge in [0.2, 0.25) is 6.79 Å². The van der Waals surface area contributed by atoms with Crippen LogP contribution in [0.15, 0.2) is 46.9 Å². The number of carbonyl (C=O) groups is 1. The second kappa shape index (κ2) is 6.23. The maximum absolute atomic E-state index is 12.3. The molecule has 1 heterocycles. The lowest BCUT2D eigenvalue weighted by atomic mass is 10.1. The van der Waals surface area contributed by atoms with E-state index in [4.69, 9.17) is 14.2 Å². The summed E-state index contributed by atoms with van der Waals surface area (Å²) in [5.41, 5.74) is 1.38. The average molecular weight is 361 g/mol. The quantitative estimate of drug-likeness (QED) is 0.608. The van der Waals surface area contributed by atoms with Crippen molar-refractivity contribution in [1.82, 2.24) is 0 Å². The molecule has 4 nitrogen and oxygen atoms in total. The van der Waals surface area contributed by atoms with Gasteiger partial charge in [0.15, 0.2) is 17.3 Å². The fourth-order valence-corrected chi connectivity index (χ4v) is 2.53. The summed E-state index contributed by atoms with van der Waals surface area (Å²) in [6, 6.07) is 10.8. The van der Waals surface area contributed by atoms with E-state index in [9.17, 15) is 4.79 Å². The molecule has 0 saturated heterocycles. The molecule has 0 aromatic heterocycles. The van der Waals surface area contributed by atoms with Crippen LogP contribution in [0.1, 0.15) is 15.9 Å². The molecule has 1 aliphatic heterocycles. The van der Waals surface area contributed by atoms with E-state index in [1.165, 1.54) is 6.08 Å². The van der Waals surface area contributed by atoms with E-state index in [-0.39, 0.29) is 12.6 Å². The summed E-state index contributed by atoms with van der Waals surface area (Å²) in [7, 11) is 1.60. The first kappa shape index (κ1) is 14.7. The number of benzene rings is 2. The zero-order valence-electron chi connectivity index (χ0n) is 11.8. The SMILES string of the molecule is COc1ccc(Br)cc1/C=C/C(=O)c1ccc2c(c1)OCO2. The van der Waals surface area contributed by atoms with Gasteiger partial charge in [0, 0.05) is 15.6 Å². The van der Waals surface area contributed by atoms with Gasteiger partial charge in [-0.15, -0.1) is 0 Å². The van der Waals surface area contributed by atoms with Gasteiger partial charge in [0.05, 0.1) is 7.11 Å². The van der Waals surface area contributed by atoms with Gasteiger partial charge in [-0.2, -0.15) is 0 Å². The summed E-state index contributed by atoms with van der Waals surface area (Å²) in [6.45, 7) is 0.193. The number of rotatable bonds is 4. The van der Waals surface area contributed by atoms with Crippen LogP contribution in [0.5, 0.6) is 17.2 Å². The van der Waals surface area contributed by atoms with Crippen molar-refractivity contribution in [2.24, 2.45) is 0 Å². The van der Waals surface area contributed by atoms with Gasteiger partial charge in [-0.25, -0.2) is 0 Å². The van der Waals surface area contributed by atoms with Gasteiger partial charge in [-0.1, -0.05) is 15.9 Å². The van der Waals surface area contributed by atoms with Gasteiger partial charge in [0.25, 0.3) is 0 Å². The largest absolute Gasteiger partial charge is 0.496 e. The number of halogens is 1. The highest BCUT2D eigenvalue weighted by Gasteiger charge is 2.15. The lowest BCUT2D eigenvalue weighted by Crippen LogP contribution is -1.95. The first-order valence-corrected chi connectivity index (χ1v) is 7.42. The maximum Gasteiger partial charge on any atom is 0.231 e. The van der Waals surface area contributed by atoms with E-state index in [1.807, 2.05) is 18.2 Å². The Labute approximate surface area is 136 Å². The van der Waals surface area contributed by atoms with Crippen molar-refractivity contribution in [2.45, 2.75) is 0 Å². The molecule has 0 atom stereocenters. The third kappa shape index (κ3) is 2.99. The number of ketones is 1. The minimum atomic E-state index is -0.111. The lowest BCUT2D eigenvalue weighted by molar-refractivity contribution is 0.104. The van der Waals surface area contributed by atoms with Gasteiger partial charge < -0.3 is 14.2 Å². The van der Waals surface area contributed by atoms with Crippen LogP contribution in [0.25, 0.3) is 6.08 Å². The Morgan fingerprint density at radius 2 is 2.00 bits per heavy atom. The summed E-state index contributed by atoms with van der Waals surface area (Å²) < 4.78 is 16.7. The third-order valence-electron chi connectivity index (χ3n) is 3.26. The van der Waals surface area contributed by atoms with E-state index in [0.29, 0.717) is 22.8 Å². The van der Waals surface area contributed by atoms with Gasteiger partial charge in [0.1, 0.15) is 5.75 Å². The van der Waals surface area contributed by atoms with E-state index < -0.39 is 0 Å². The molecule has 2 aromatic carbocycles. The van der Waals surface area contributed by atoms with Crippen molar-refractivity contribution < 1.29 is 19.0 Å². The predicted molar refractivity (Wildman–Crippen MR) is 86.6 cm³/mol. The molecule has 2 aromatic rings. The molecule has 0 radical (unpaired) electrons. The van der Waals surface area contributed by atoms with Crippen molar-refractivity contribution >= 4 is 27.8 Å². The summed E-state index contributed by atoms with van der Waals surface area (Å²) in [6.07, 6.45) is 3.25. The number of carbonyl (C=O) groups excluding carboxylic acids is 1. The monoisotopic (exact) mass is 360 g/mol. The Bertz CT molecular complexity index is 752. The van der Waals surface area contributed by atoms with E-state index in [1.54, 1.807) is 31.4 Å². The minimum absolute atomic E-state index is 0.111. The second-order valence-electron chi connectivity index (χ2n) is 4.65. The molecule has 0 amide bonds. The first-order chi connectivity index (χ1) is 10.7. The standard InChI is InChI=1S/C17H13BrO4/c1-20-15-7-4-13(18)8-12(15)2-5-14(19)11-3-6-16-17(9-11)22-10-21-16/h2-9H,10H2,1H3/b5-2+. The summed E-state index contributed by atoms with van der Waals surface area (Å²) >= 11 is 3.41. The Hall–Kier alpha value is -2.27. The zero-order valence-corrected chi connectivity index (χ0v) is 13.4. The van der Waals surface area contributed by atoms with Gasteiger partial charge in [-0.3, -0.25) is 4.79 Å². The first-order valence-electron chi connectivity index (χ1n) is 6.63. The smallest absolute Gasteiger partial charge is 0.231 e. The average Bonchev–Trinajstić information content (AvgIpc) is 3.00. The van der Waals surface area contributed by atoms with E-state index >= 15 is 0 Å². The molecule has 0 N–H and O–H groups in total. The molecule has 0 saturated carbocycles. The van der Waals surface area contributed by atoms with Crippen LogP contribution in [0, 0.1) is 0 Å². The van der Waals surface area contributed by atoms with Crippen molar-refractivity contribution in [3.05, 3.63) is 58.1 Å². The summed E-state index contributed by atoms with van der Waals surface area (Å²) in [4.78, 5) is 12.3. The molecule has 22 heavy (non-hydrogen) atoms. The zero-order chi connectivity index (χ0) is 15.5. The van der Waals surface area contributed by atoms with Crippen molar-refractivity contribution in [1.29, 1.82) is 0 Å². The second-order valence-corrected chi connectivity index (χ2v) is 5.57. The highest BCUT2D eigenvalue weighted by molar-refractivity contribution is 9.10. The molecule has 112 valence electrons. The Kier molecular flexibility index (Phi) is 4.15.